The van der Waals surface area contributed by atoms with Crippen LogP contribution in [0.4, 0.5) is 0 Å². The van der Waals surface area contributed by atoms with Gasteiger partial charge in [0.25, 0.3) is 5.91 Å². The van der Waals surface area contributed by atoms with E-state index < -0.39 is 12.0 Å². The van der Waals surface area contributed by atoms with Gasteiger partial charge in [-0.25, -0.2) is 4.79 Å². The van der Waals surface area contributed by atoms with Crippen molar-refractivity contribution >= 4 is 23.6 Å². The van der Waals surface area contributed by atoms with Crippen LogP contribution in [0.5, 0.6) is 0 Å². The highest BCUT2D eigenvalue weighted by Gasteiger charge is 2.24. The summed E-state index contributed by atoms with van der Waals surface area (Å²) in [6, 6.07) is 12.8. The Hall–Kier alpha value is -2.35. The van der Waals surface area contributed by atoms with Crippen molar-refractivity contribution in [3.63, 3.8) is 0 Å². The first-order valence-electron chi connectivity index (χ1n) is 15.5. The Morgan fingerprint density at radius 3 is 2.48 bits per heavy atom. The molecule has 1 amide bonds. The van der Waals surface area contributed by atoms with Crippen molar-refractivity contribution in [2.75, 3.05) is 25.2 Å². The van der Waals surface area contributed by atoms with Gasteiger partial charge in [0.2, 0.25) is 0 Å². The number of carbonyl (C=O) groups is 2. The molecule has 2 N–H and O–H groups in total. The standard InChI is InChI=1S/C35H51NO5S/c1-25-11-9-10-14-29(25)31-22-27(15-16-30(31)33(37)36-32(34(38)39)17-20-42-5)23-41-28(21-26-12-7-6-8-13-26)24-40-19-18-35(2,3)4/h9-11,14-16,22,26,28,32H,6-8,12-13,17-21,23-24H2,1-5H3,(H,36,37)(H,38,39)/t28-,32-/m0/s1. The lowest BCUT2D eigenvalue weighted by Crippen LogP contribution is -2.41. The second kappa shape index (κ2) is 17.1. The number of thioether (sulfide) groups is 1. The minimum Gasteiger partial charge on any atom is -0.480 e. The Labute approximate surface area is 257 Å². The molecule has 232 valence electrons. The number of ether oxygens (including phenoxy) is 2. The predicted octanol–water partition coefficient (Wildman–Crippen LogP) is 7.91. The van der Waals surface area contributed by atoms with Gasteiger partial charge in [0, 0.05) is 12.2 Å². The van der Waals surface area contributed by atoms with Gasteiger partial charge >= 0.3 is 5.97 Å². The van der Waals surface area contributed by atoms with Gasteiger partial charge in [-0.3, -0.25) is 4.79 Å². The summed E-state index contributed by atoms with van der Waals surface area (Å²) in [5.41, 5.74) is 4.46. The molecule has 2 aromatic rings. The zero-order valence-corrected chi connectivity index (χ0v) is 27.1. The van der Waals surface area contributed by atoms with E-state index >= 15 is 0 Å². The Balaban J connectivity index is 1.79. The van der Waals surface area contributed by atoms with E-state index in [2.05, 4.69) is 26.1 Å². The maximum Gasteiger partial charge on any atom is 0.326 e. The van der Waals surface area contributed by atoms with Crippen LogP contribution < -0.4 is 5.32 Å². The molecule has 1 saturated carbocycles. The molecular formula is C35H51NO5S. The summed E-state index contributed by atoms with van der Waals surface area (Å²) in [4.78, 5) is 25.2. The molecule has 7 heteroatoms. The molecule has 3 rings (SSSR count). The maximum absolute atomic E-state index is 13.4. The number of carbonyl (C=O) groups excluding carboxylic acids is 1. The molecule has 1 aliphatic carbocycles. The molecule has 0 aromatic heterocycles. The summed E-state index contributed by atoms with van der Waals surface area (Å²) < 4.78 is 12.6. The van der Waals surface area contributed by atoms with E-state index in [9.17, 15) is 14.7 Å². The number of benzene rings is 2. The van der Waals surface area contributed by atoms with Gasteiger partial charge < -0.3 is 19.9 Å². The first-order valence-corrected chi connectivity index (χ1v) is 16.9. The van der Waals surface area contributed by atoms with Crippen LogP contribution in [0.3, 0.4) is 0 Å². The second-order valence-corrected chi connectivity index (χ2v) is 13.9. The molecule has 2 atom stereocenters. The van der Waals surface area contributed by atoms with Gasteiger partial charge in [-0.1, -0.05) is 83.2 Å². The molecule has 0 aliphatic heterocycles. The van der Waals surface area contributed by atoms with Crippen molar-refractivity contribution in [3.05, 3.63) is 59.2 Å². The van der Waals surface area contributed by atoms with Crippen LogP contribution in [-0.4, -0.2) is 54.4 Å². The first kappa shape index (κ1) is 34.1. The van der Waals surface area contributed by atoms with Crippen molar-refractivity contribution in [1.29, 1.82) is 0 Å². The minimum absolute atomic E-state index is 0.0192. The lowest BCUT2D eigenvalue weighted by Gasteiger charge is -2.27. The molecule has 42 heavy (non-hydrogen) atoms. The number of hydrogen-bond donors (Lipinski definition) is 2. The van der Waals surface area contributed by atoms with Crippen LogP contribution in [0.25, 0.3) is 11.1 Å². The van der Waals surface area contributed by atoms with Crippen LogP contribution >= 0.6 is 11.8 Å². The van der Waals surface area contributed by atoms with Crippen molar-refractivity contribution in [3.8, 4) is 11.1 Å². The number of aliphatic carboxylic acids is 1. The minimum atomic E-state index is -1.02. The van der Waals surface area contributed by atoms with E-state index in [1.807, 2.05) is 49.6 Å². The summed E-state index contributed by atoms with van der Waals surface area (Å²) in [5, 5.41) is 12.4. The van der Waals surface area contributed by atoms with Crippen molar-refractivity contribution in [2.45, 2.75) is 97.8 Å². The number of aryl methyl sites for hydroxylation is 1. The van der Waals surface area contributed by atoms with E-state index in [0.717, 1.165) is 41.7 Å². The summed E-state index contributed by atoms with van der Waals surface area (Å²) in [6.07, 6.45) is 10.8. The van der Waals surface area contributed by atoms with Crippen LogP contribution in [0, 0.1) is 18.3 Å². The van der Waals surface area contributed by atoms with E-state index in [1.54, 1.807) is 17.8 Å². The van der Waals surface area contributed by atoms with Crippen molar-refractivity contribution in [2.24, 2.45) is 11.3 Å². The number of carboxylic acids is 1. The molecule has 1 aliphatic rings. The summed E-state index contributed by atoms with van der Waals surface area (Å²) in [6.45, 7) is 10.4. The Kier molecular flexibility index (Phi) is 13.9. The van der Waals surface area contributed by atoms with Gasteiger partial charge in [0.05, 0.1) is 19.3 Å². The third-order valence-electron chi connectivity index (χ3n) is 8.08. The van der Waals surface area contributed by atoms with Gasteiger partial charge in [0.1, 0.15) is 6.04 Å². The van der Waals surface area contributed by atoms with Gasteiger partial charge in [-0.15, -0.1) is 0 Å². The average molecular weight is 598 g/mol. The SMILES string of the molecule is CSCC[C@H](NC(=O)c1ccc(CO[C@H](COCCC(C)(C)C)CC2CCCCC2)cc1-c1ccccc1C)C(=O)O. The van der Waals surface area contributed by atoms with Gasteiger partial charge in [-0.2, -0.15) is 11.8 Å². The highest BCUT2D eigenvalue weighted by molar-refractivity contribution is 7.98. The molecule has 0 heterocycles. The largest absolute Gasteiger partial charge is 0.480 e. The highest BCUT2D eigenvalue weighted by atomic mass is 32.2. The van der Waals surface area contributed by atoms with E-state index in [1.165, 1.54) is 32.1 Å². The Bertz CT molecular complexity index is 1140. The monoisotopic (exact) mass is 597 g/mol. The maximum atomic E-state index is 13.4. The quantitative estimate of drug-likeness (QED) is 0.191. The van der Waals surface area contributed by atoms with Crippen molar-refractivity contribution in [1.82, 2.24) is 5.32 Å². The number of amides is 1. The van der Waals surface area contributed by atoms with E-state index in [4.69, 9.17) is 9.47 Å². The van der Waals surface area contributed by atoms with Gasteiger partial charge in [0.15, 0.2) is 0 Å². The fourth-order valence-electron chi connectivity index (χ4n) is 5.49. The normalized spacial score (nSPS) is 15.7. The predicted molar refractivity (Wildman–Crippen MR) is 173 cm³/mol. The van der Waals surface area contributed by atoms with Crippen LogP contribution in [0.2, 0.25) is 0 Å². The Morgan fingerprint density at radius 2 is 1.81 bits per heavy atom. The van der Waals surface area contributed by atoms with Crippen LogP contribution in [0.1, 0.15) is 93.6 Å². The summed E-state index contributed by atoms with van der Waals surface area (Å²) in [7, 11) is 0. The smallest absolute Gasteiger partial charge is 0.326 e. The molecule has 0 radical (unpaired) electrons. The topological polar surface area (TPSA) is 84.9 Å². The number of rotatable bonds is 16. The zero-order valence-electron chi connectivity index (χ0n) is 26.2. The first-order chi connectivity index (χ1) is 20.1. The molecule has 6 nitrogen and oxygen atoms in total. The third kappa shape index (κ3) is 11.4. The summed E-state index contributed by atoms with van der Waals surface area (Å²) in [5.74, 6) is -0.0674. The second-order valence-electron chi connectivity index (χ2n) is 12.9. The lowest BCUT2D eigenvalue weighted by atomic mass is 9.85. The molecular weight excluding hydrogens is 546 g/mol. The molecule has 0 unspecified atom stereocenters. The van der Waals surface area contributed by atoms with E-state index in [0.29, 0.717) is 36.9 Å². The third-order valence-corrected chi connectivity index (χ3v) is 8.73. The summed E-state index contributed by atoms with van der Waals surface area (Å²) >= 11 is 1.56. The molecule has 1 fully saturated rings. The molecule has 2 aromatic carbocycles. The number of nitrogens with one attached hydrogen (secondary N) is 1. The zero-order chi connectivity index (χ0) is 30.5. The van der Waals surface area contributed by atoms with E-state index in [-0.39, 0.29) is 17.4 Å². The van der Waals surface area contributed by atoms with Gasteiger partial charge in [-0.05, 0) is 83.9 Å². The fourth-order valence-corrected chi connectivity index (χ4v) is 5.96. The molecule has 0 spiro atoms. The van der Waals surface area contributed by atoms with Crippen LogP contribution in [-0.2, 0) is 20.9 Å². The average Bonchev–Trinajstić information content (AvgIpc) is 2.96. The number of carboxylic acid groups (broad SMARTS) is 1. The Morgan fingerprint density at radius 1 is 1.07 bits per heavy atom. The van der Waals surface area contributed by atoms with Crippen LogP contribution in [0.15, 0.2) is 42.5 Å². The fraction of sp³-hybridized carbons (Fsp3) is 0.600. The van der Waals surface area contributed by atoms with Crippen molar-refractivity contribution < 1.29 is 24.2 Å². The molecule has 0 bridgehead atoms. The molecule has 0 saturated heterocycles. The highest BCUT2D eigenvalue weighted by Crippen LogP contribution is 2.31. The number of hydrogen-bond acceptors (Lipinski definition) is 5. The lowest BCUT2D eigenvalue weighted by molar-refractivity contribution is -0.139.